The van der Waals surface area contributed by atoms with Gasteiger partial charge in [-0.2, -0.15) is 0 Å². The molecule has 2 atom stereocenters. The highest BCUT2D eigenvalue weighted by molar-refractivity contribution is 5.69. The van der Waals surface area contributed by atoms with E-state index in [1.807, 2.05) is 35.2 Å². The zero-order chi connectivity index (χ0) is 20.3. The van der Waals surface area contributed by atoms with Crippen LogP contribution in [0.25, 0.3) is 0 Å². The van der Waals surface area contributed by atoms with E-state index >= 15 is 0 Å². The van der Waals surface area contributed by atoms with Gasteiger partial charge in [-0.3, -0.25) is 4.90 Å². The van der Waals surface area contributed by atoms with Gasteiger partial charge in [-0.15, -0.1) is 0 Å². The molecule has 1 N–H and O–H groups in total. The molecule has 6 aliphatic rings. The van der Waals surface area contributed by atoms with Crippen LogP contribution >= 0.6 is 0 Å². The summed E-state index contributed by atoms with van der Waals surface area (Å²) < 4.78 is 11.5. The third-order valence-electron chi connectivity index (χ3n) is 8.85. The van der Waals surface area contributed by atoms with Gasteiger partial charge in [-0.1, -0.05) is 30.3 Å². The van der Waals surface area contributed by atoms with Gasteiger partial charge in [0.1, 0.15) is 6.61 Å². The quantitative estimate of drug-likeness (QED) is 0.817. The summed E-state index contributed by atoms with van der Waals surface area (Å²) in [6, 6.07) is 9.65. The van der Waals surface area contributed by atoms with Gasteiger partial charge in [-0.05, 0) is 80.1 Å². The lowest BCUT2D eigenvalue weighted by Gasteiger charge is -2.62. The van der Waals surface area contributed by atoms with Crippen molar-refractivity contribution in [2.24, 2.45) is 29.6 Å². The molecule has 4 saturated carbocycles. The van der Waals surface area contributed by atoms with E-state index < -0.39 is 5.60 Å². The molecule has 5 heteroatoms. The molecule has 30 heavy (non-hydrogen) atoms. The molecule has 1 aromatic rings. The summed E-state index contributed by atoms with van der Waals surface area (Å²) in [5, 5.41) is 12.0. The fraction of sp³-hybridized carbons (Fsp3) is 0.720. The van der Waals surface area contributed by atoms with Gasteiger partial charge in [0.2, 0.25) is 0 Å². The number of rotatable bonds is 3. The lowest BCUT2D eigenvalue weighted by Crippen LogP contribution is -2.67. The fourth-order valence-electron chi connectivity index (χ4n) is 8.18. The number of amides is 1. The SMILES string of the molecule is O=C(OCc1ccccc1)N1C2COCC1CC(O)(C1C3CC4CC(C3)CC1C4)C2. The second-order valence-corrected chi connectivity index (χ2v) is 10.8. The van der Waals surface area contributed by atoms with Crippen LogP contribution in [0.5, 0.6) is 0 Å². The predicted molar refractivity (Wildman–Crippen MR) is 112 cm³/mol. The molecule has 2 aliphatic heterocycles. The van der Waals surface area contributed by atoms with Crippen molar-refractivity contribution in [2.45, 2.75) is 69.2 Å². The summed E-state index contributed by atoms with van der Waals surface area (Å²) in [6.45, 7) is 1.30. The highest BCUT2D eigenvalue weighted by Gasteiger charge is 2.59. The second kappa shape index (κ2) is 7.23. The first-order valence-corrected chi connectivity index (χ1v) is 11.9. The minimum Gasteiger partial charge on any atom is -0.445 e. The molecule has 5 nitrogen and oxygen atoms in total. The number of aliphatic hydroxyl groups is 1. The number of ether oxygens (including phenoxy) is 2. The van der Waals surface area contributed by atoms with E-state index in [1.165, 1.54) is 32.1 Å². The van der Waals surface area contributed by atoms with Gasteiger partial charge in [0.05, 0.1) is 30.9 Å². The number of fused-ring (bicyclic) bond motifs is 2. The van der Waals surface area contributed by atoms with E-state index in [1.54, 1.807) is 0 Å². The van der Waals surface area contributed by atoms with Crippen molar-refractivity contribution in [3.8, 4) is 0 Å². The molecule has 1 aromatic carbocycles. The maximum Gasteiger partial charge on any atom is 0.410 e. The molecule has 162 valence electrons. The topological polar surface area (TPSA) is 59.0 Å². The smallest absolute Gasteiger partial charge is 0.410 e. The Morgan fingerprint density at radius 2 is 1.60 bits per heavy atom. The first kappa shape index (κ1) is 19.1. The summed E-state index contributed by atoms with van der Waals surface area (Å²) in [5.74, 6) is 3.59. The number of piperidine rings is 1. The number of nitrogens with zero attached hydrogens (tertiary/aromatic N) is 1. The van der Waals surface area contributed by atoms with Crippen LogP contribution in [-0.4, -0.2) is 47.0 Å². The summed E-state index contributed by atoms with van der Waals surface area (Å²) in [5.41, 5.74) is 0.340. The second-order valence-electron chi connectivity index (χ2n) is 10.8. The van der Waals surface area contributed by atoms with Crippen molar-refractivity contribution >= 4 is 6.09 Å². The van der Waals surface area contributed by atoms with Crippen molar-refractivity contribution < 1.29 is 19.4 Å². The van der Waals surface area contributed by atoms with Crippen molar-refractivity contribution in [3.63, 3.8) is 0 Å². The summed E-state index contributed by atoms with van der Waals surface area (Å²) in [7, 11) is 0. The third-order valence-corrected chi connectivity index (χ3v) is 8.85. The Morgan fingerprint density at radius 1 is 1.00 bits per heavy atom. The van der Waals surface area contributed by atoms with Crippen molar-refractivity contribution in [1.82, 2.24) is 4.90 Å². The lowest BCUT2D eigenvalue weighted by atomic mass is 9.47. The first-order valence-electron chi connectivity index (χ1n) is 11.9. The number of carbonyl (C=O) groups is 1. The van der Waals surface area contributed by atoms with Crippen LogP contribution in [0, 0.1) is 29.6 Å². The molecule has 1 amide bonds. The largest absolute Gasteiger partial charge is 0.445 e. The van der Waals surface area contributed by atoms with Crippen molar-refractivity contribution in [2.75, 3.05) is 13.2 Å². The van der Waals surface area contributed by atoms with Gasteiger partial charge < -0.3 is 14.6 Å². The molecule has 4 aliphatic carbocycles. The monoisotopic (exact) mass is 411 g/mol. The van der Waals surface area contributed by atoms with Gasteiger partial charge >= 0.3 is 6.09 Å². The van der Waals surface area contributed by atoms with Crippen LogP contribution in [0.3, 0.4) is 0 Å². The molecule has 6 bridgehead atoms. The molecule has 2 saturated heterocycles. The number of hydrogen-bond acceptors (Lipinski definition) is 4. The number of carbonyl (C=O) groups excluding carboxylic acids is 1. The number of hydrogen-bond donors (Lipinski definition) is 1. The first-order chi connectivity index (χ1) is 14.6. The molecule has 6 fully saturated rings. The Morgan fingerprint density at radius 3 is 2.20 bits per heavy atom. The Hall–Kier alpha value is -1.59. The number of benzene rings is 1. The molecular formula is C25H33NO4. The maximum absolute atomic E-state index is 13.0. The Bertz CT molecular complexity index is 754. The molecule has 2 heterocycles. The third kappa shape index (κ3) is 3.16. The molecule has 0 aromatic heterocycles. The maximum atomic E-state index is 13.0. The molecule has 0 spiro atoms. The van der Waals surface area contributed by atoms with E-state index in [-0.39, 0.29) is 24.8 Å². The molecule has 0 radical (unpaired) electrons. The normalized spacial score (nSPS) is 44.2. The molecule has 2 unspecified atom stereocenters. The molecular weight excluding hydrogens is 378 g/mol. The average Bonchev–Trinajstić information content (AvgIpc) is 2.71. The standard InChI is InChI=1S/C25H33NO4/c27-24(30-13-16-4-2-1-3-5-16)26-21-11-25(28,12-22(26)15-29-14-21)23-19-7-17-6-18(9-19)10-20(23)8-17/h1-5,17-23,28H,6-15H2. The van der Waals surface area contributed by atoms with E-state index in [4.69, 9.17) is 9.47 Å². The Kier molecular flexibility index (Phi) is 4.61. The Labute approximate surface area is 178 Å². The van der Waals surface area contributed by atoms with Gasteiger partial charge in [0.25, 0.3) is 0 Å². The minimum atomic E-state index is -0.655. The Balaban J connectivity index is 1.18. The summed E-state index contributed by atoms with van der Waals surface area (Å²) in [4.78, 5) is 14.9. The highest BCUT2D eigenvalue weighted by Crippen LogP contribution is 2.61. The van der Waals surface area contributed by atoms with Crippen LogP contribution < -0.4 is 0 Å². The highest BCUT2D eigenvalue weighted by atomic mass is 16.6. The van der Waals surface area contributed by atoms with Crippen LogP contribution in [0.1, 0.15) is 50.5 Å². The van der Waals surface area contributed by atoms with Crippen molar-refractivity contribution in [3.05, 3.63) is 35.9 Å². The van der Waals surface area contributed by atoms with Gasteiger partial charge in [0, 0.05) is 0 Å². The van der Waals surface area contributed by atoms with Crippen LogP contribution in [0.4, 0.5) is 4.79 Å². The average molecular weight is 412 g/mol. The van der Waals surface area contributed by atoms with E-state index in [9.17, 15) is 9.90 Å². The van der Waals surface area contributed by atoms with Crippen molar-refractivity contribution in [1.29, 1.82) is 0 Å². The lowest BCUT2D eigenvalue weighted by molar-refractivity contribution is -0.199. The van der Waals surface area contributed by atoms with Gasteiger partial charge in [0.15, 0.2) is 0 Å². The van der Waals surface area contributed by atoms with Gasteiger partial charge in [-0.25, -0.2) is 4.79 Å². The number of morpholine rings is 1. The minimum absolute atomic E-state index is 0.0806. The van der Waals surface area contributed by atoms with Crippen LogP contribution in [0.2, 0.25) is 0 Å². The molecule has 7 rings (SSSR count). The summed E-state index contributed by atoms with van der Waals surface area (Å²) in [6.07, 6.45) is 7.70. The van der Waals surface area contributed by atoms with E-state index in [0.29, 0.717) is 43.8 Å². The predicted octanol–water partition coefficient (Wildman–Crippen LogP) is 3.99. The fourth-order valence-corrected chi connectivity index (χ4v) is 8.18. The van der Waals surface area contributed by atoms with Crippen LogP contribution in [0.15, 0.2) is 30.3 Å². The van der Waals surface area contributed by atoms with E-state index in [2.05, 4.69) is 0 Å². The van der Waals surface area contributed by atoms with Crippen LogP contribution in [-0.2, 0) is 16.1 Å². The zero-order valence-electron chi connectivity index (χ0n) is 17.6. The summed E-state index contributed by atoms with van der Waals surface area (Å²) >= 11 is 0. The zero-order valence-corrected chi connectivity index (χ0v) is 17.6. The van der Waals surface area contributed by atoms with E-state index in [0.717, 1.165) is 17.4 Å².